The van der Waals surface area contributed by atoms with Crippen molar-refractivity contribution in [2.24, 2.45) is 4.99 Å². The Labute approximate surface area is 177 Å². The van der Waals surface area contributed by atoms with Crippen LogP contribution in [-0.4, -0.2) is 24.0 Å². The van der Waals surface area contributed by atoms with Gasteiger partial charge in [-0.25, -0.2) is 9.98 Å². The molecule has 2 N–H and O–H groups in total. The Morgan fingerprint density at radius 3 is 2.70 bits per heavy atom. The van der Waals surface area contributed by atoms with Gasteiger partial charge in [-0.2, -0.15) is 13.2 Å². The van der Waals surface area contributed by atoms with Gasteiger partial charge < -0.3 is 10.6 Å². The van der Waals surface area contributed by atoms with Crippen LogP contribution in [0.2, 0.25) is 0 Å². The average molecular weight is 508 g/mol. The van der Waals surface area contributed by atoms with Gasteiger partial charge in [0.1, 0.15) is 5.01 Å². The van der Waals surface area contributed by atoms with Crippen LogP contribution in [-0.2, 0) is 12.7 Å². The number of nitrogens with zero attached hydrogens (tertiary/aromatic N) is 2. The molecule has 9 heteroatoms. The van der Waals surface area contributed by atoms with Crippen molar-refractivity contribution in [3.05, 3.63) is 51.5 Å². The molecule has 1 aromatic heterocycles. The first kappa shape index (κ1) is 23.2. The summed E-state index contributed by atoms with van der Waals surface area (Å²) in [5.41, 5.74) is -0.382. The van der Waals surface area contributed by atoms with E-state index in [1.54, 1.807) is 23.6 Å². The van der Waals surface area contributed by atoms with Gasteiger partial charge in [-0.1, -0.05) is 17.9 Å². The highest BCUT2D eigenvalue weighted by Crippen LogP contribution is 2.29. The second-order valence-electron chi connectivity index (χ2n) is 5.29. The number of aliphatic imine (C=N–C) groups is 1. The zero-order valence-electron chi connectivity index (χ0n) is 14.9. The highest BCUT2D eigenvalue weighted by Gasteiger charge is 2.30. The Morgan fingerprint density at radius 2 is 2.07 bits per heavy atom. The van der Waals surface area contributed by atoms with Gasteiger partial charge in [0.2, 0.25) is 0 Å². The number of hydrogen-bond donors (Lipinski definition) is 2. The minimum atomic E-state index is -4.37. The Kier molecular flexibility index (Phi) is 9.59. The summed E-state index contributed by atoms with van der Waals surface area (Å²) in [5, 5.41) is 7.03. The number of thiazole rings is 1. The smallest absolute Gasteiger partial charge is 0.357 e. The van der Waals surface area contributed by atoms with E-state index in [1.165, 1.54) is 6.07 Å². The van der Waals surface area contributed by atoms with Crippen molar-refractivity contribution in [1.29, 1.82) is 0 Å². The Hall–Kier alpha value is -1.80. The van der Waals surface area contributed by atoms with E-state index in [-0.39, 0.29) is 30.5 Å². The van der Waals surface area contributed by atoms with Crippen LogP contribution in [0.3, 0.4) is 0 Å². The van der Waals surface area contributed by atoms with Gasteiger partial charge in [-0.3, -0.25) is 0 Å². The molecule has 0 saturated carbocycles. The molecule has 146 valence electrons. The number of nitrogens with one attached hydrogen (secondary N) is 2. The maximum Gasteiger partial charge on any atom is 0.416 e. The van der Waals surface area contributed by atoms with Crippen LogP contribution in [0.25, 0.3) is 0 Å². The molecule has 4 nitrogen and oxygen atoms in total. The monoisotopic (exact) mass is 508 g/mol. The second-order valence-corrected chi connectivity index (χ2v) is 6.61. The fraction of sp³-hybridized carbons (Fsp3) is 0.333. The van der Waals surface area contributed by atoms with E-state index in [2.05, 4.69) is 32.5 Å². The summed E-state index contributed by atoms with van der Waals surface area (Å²) in [6.45, 7) is 5.33. The maximum atomic E-state index is 12.7. The van der Waals surface area contributed by atoms with E-state index in [0.717, 1.165) is 22.0 Å². The fourth-order valence-corrected chi connectivity index (χ4v) is 2.72. The number of halogens is 4. The molecule has 0 atom stereocenters. The summed E-state index contributed by atoms with van der Waals surface area (Å²) in [5.74, 6) is 6.12. The molecule has 0 aliphatic heterocycles. The third-order valence-corrected chi connectivity index (χ3v) is 4.05. The van der Waals surface area contributed by atoms with E-state index in [0.29, 0.717) is 24.6 Å². The zero-order valence-corrected chi connectivity index (χ0v) is 18.0. The number of aromatic nitrogens is 1. The van der Waals surface area contributed by atoms with Crippen LogP contribution in [0.5, 0.6) is 0 Å². The molecule has 2 rings (SSSR count). The molecule has 0 aliphatic rings. The van der Waals surface area contributed by atoms with Crippen LogP contribution in [0.1, 0.15) is 27.9 Å². The van der Waals surface area contributed by atoms with E-state index in [9.17, 15) is 13.2 Å². The van der Waals surface area contributed by atoms with Crippen molar-refractivity contribution in [3.63, 3.8) is 0 Å². The van der Waals surface area contributed by atoms with E-state index >= 15 is 0 Å². The van der Waals surface area contributed by atoms with Crippen LogP contribution in [0.15, 0.2) is 35.5 Å². The Morgan fingerprint density at radius 1 is 1.30 bits per heavy atom. The van der Waals surface area contributed by atoms with E-state index in [4.69, 9.17) is 0 Å². The lowest BCUT2D eigenvalue weighted by Crippen LogP contribution is -2.37. The molecule has 27 heavy (non-hydrogen) atoms. The summed E-state index contributed by atoms with van der Waals surface area (Å²) in [6, 6.07) is 4.96. The average Bonchev–Trinajstić information content (AvgIpc) is 3.01. The summed E-state index contributed by atoms with van der Waals surface area (Å²) in [4.78, 5) is 9.79. The molecule has 0 fully saturated rings. The molecule has 0 amide bonds. The number of rotatable bonds is 4. The molecular weight excluding hydrogens is 488 g/mol. The predicted octanol–water partition coefficient (Wildman–Crippen LogP) is 4.20. The number of benzene rings is 1. The molecular formula is C18H20F3IN4S. The van der Waals surface area contributed by atoms with Gasteiger partial charge >= 0.3 is 6.18 Å². The SMILES string of the molecule is CCNC(=NCc1ncc(C)s1)NCC#Cc1cccc(C(F)(F)F)c1.I. The highest BCUT2D eigenvalue weighted by molar-refractivity contribution is 14.0. The first-order valence-electron chi connectivity index (χ1n) is 7.98. The van der Waals surface area contributed by atoms with Crippen molar-refractivity contribution in [1.82, 2.24) is 15.6 Å². The van der Waals surface area contributed by atoms with Crippen molar-refractivity contribution in [2.75, 3.05) is 13.1 Å². The first-order valence-corrected chi connectivity index (χ1v) is 8.79. The molecule has 0 saturated heterocycles. The predicted molar refractivity (Wildman–Crippen MR) is 113 cm³/mol. The standard InChI is InChI=1S/C18H19F3N4S.HI/c1-3-22-17(25-12-16-24-11-13(2)26-16)23-9-5-7-14-6-4-8-15(10-14)18(19,20)21;/h4,6,8,10-11H,3,9,12H2,1-2H3,(H2,22,23,25);1H. The van der Waals surface area contributed by atoms with Crippen molar-refractivity contribution >= 4 is 41.3 Å². The fourth-order valence-electron chi connectivity index (χ4n) is 2.01. The van der Waals surface area contributed by atoms with Crippen LogP contribution in [0.4, 0.5) is 13.2 Å². The molecule has 0 spiro atoms. The summed E-state index contributed by atoms with van der Waals surface area (Å²) >= 11 is 1.58. The van der Waals surface area contributed by atoms with Crippen molar-refractivity contribution in [3.8, 4) is 11.8 Å². The van der Waals surface area contributed by atoms with Gasteiger partial charge in [0.05, 0.1) is 18.7 Å². The van der Waals surface area contributed by atoms with Crippen molar-refractivity contribution < 1.29 is 13.2 Å². The minimum Gasteiger partial charge on any atom is -0.357 e. The lowest BCUT2D eigenvalue weighted by Gasteiger charge is -2.08. The molecule has 1 heterocycles. The van der Waals surface area contributed by atoms with Crippen LogP contribution >= 0.6 is 35.3 Å². The van der Waals surface area contributed by atoms with E-state index < -0.39 is 11.7 Å². The van der Waals surface area contributed by atoms with Gasteiger partial charge in [0.15, 0.2) is 5.96 Å². The van der Waals surface area contributed by atoms with Crippen molar-refractivity contribution in [2.45, 2.75) is 26.6 Å². The molecule has 0 radical (unpaired) electrons. The zero-order chi connectivity index (χ0) is 19.0. The summed E-state index contributed by atoms with van der Waals surface area (Å²) < 4.78 is 38.1. The molecule has 2 aromatic rings. The topological polar surface area (TPSA) is 49.3 Å². The van der Waals surface area contributed by atoms with Gasteiger partial charge in [-0.05, 0) is 32.0 Å². The van der Waals surface area contributed by atoms with Gasteiger partial charge in [0.25, 0.3) is 0 Å². The molecule has 0 unspecified atom stereocenters. The summed E-state index contributed by atoms with van der Waals surface area (Å²) in [7, 11) is 0. The minimum absolute atomic E-state index is 0. The van der Waals surface area contributed by atoms with Crippen LogP contribution in [0, 0.1) is 18.8 Å². The Balaban J connectivity index is 0.00000364. The largest absolute Gasteiger partial charge is 0.416 e. The number of alkyl halides is 3. The van der Waals surface area contributed by atoms with Crippen LogP contribution < -0.4 is 10.6 Å². The van der Waals surface area contributed by atoms with Gasteiger partial charge in [0, 0.05) is 23.2 Å². The molecule has 0 bridgehead atoms. The maximum absolute atomic E-state index is 12.7. The first-order chi connectivity index (χ1) is 12.4. The number of guanidine groups is 1. The second kappa shape index (κ2) is 11.1. The lowest BCUT2D eigenvalue weighted by atomic mass is 10.1. The highest BCUT2D eigenvalue weighted by atomic mass is 127. The Bertz CT molecular complexity index is 822. The quantitative estimate of drug-likeness (QED) is 0.282. The molecule has 1 aromatic carbocycles. The number of aryl methyl sites for hydroxylation is 1. The summed E-state index contributed by atoms with van der Waals surface area (Å²) in [6.07, 6.45) is -2.56. The normalized spacial score (nSPS) is 11.2. The number of hydrogen-bond acceptors (Lipinski definition) is 3. The third-order valence-electron chi connectivity index (χ3n) is 3.15. The van der Waals surface area contributed by atoms with E-state index in [1.807, 2.05) is 13.8 Å². The lowest BCUT2D eigenvalue weighted by molar-refractivity contribution is -0.137. The third kappa shape index (κ3) is 8.17. The van der Waals surface area contributed by atoms with Gasteiger partial charge in [-0.15, -0.1) is 35.3 Å². The molecule has 0 aliphatic carbocycles.